The van der Waals surface area contributed by atoms with Gasteiger partial charge in [-0.2, -0.15) is 4.31 Å². The molecule has 0 spiro atoms. The molecule has 7 nitrogen and oxygen atoms in total. The van der Waals surface area contributed by atoms with E-state index >= 15 is 0 Å². The van der Waals surface area contributed by atoms with E-state index in [1.165, 1.54) is 12.0 Å². The monoisotopic (exact) mass is 421 g/mol. The minimum absolute atomic E-state index is 0.234. The van der Waals surface area contributed by atoms with E-state index in [-0.39, 0.29) is 4.90 Å². The fraction of sp³-hybridized carbons (Fsp3) is 0.429. The number of rotatable bonds is 7. The van der Waals surface area contributed by atoms with Crippen molar-refractivity contribution in [3.63, 3.8) is 0 Å². The number of benzene rings is 2. The van der Waals surface area contributed by atoms with Crippen LogP contribution in [0.25, 0.3) is 0 Å². The number of quaternary nitrogens is 1. The molecule has 1 aliphatic heterocycles. The molecule has 1 saturated heterocycles. The summed E-state index contributed by atoms with van der Waals surface area (Å²) in [4.78, 5) is 1.54. The molecule has 2 aromatic rings. The Hall–Kier alpha value is -2.29. The lowest BCUT2D eigenvalue weighted by molar-refractivity contribution is -0.917. The van der Waals surface area contributed by atoms with Crippen LogP contribution in [0.4, 0.5) is 0 Å². The van der Waals surface area contributed by atoms with Gasteiger partial charge in [-0.3, -0.25) is 0 Å². The normalized spacial score (nSPS) is 15.9. The quantitative estimate of drug-likeness (QED) is 0.725. The van der Waals surface area contributed by atoms with Gasteiger partial charge in [0.15, 0.2) is 0 Å². The van der Waals surface area contributed by atoms with Gasteiger partial charge in [0.1, 0.15) is 28.7 Å². The molecule has 1 heterocycles. The standard InChI is InChI=1S/C21H28N2O5S/c1-16-5-7-20(28-4)21(13-16)29(24,25)23-11-9-22(10-12-23)15-17-14-18(26-2)6-8-19(17)27-3/h5-8,13-14H,9-12,15H2,1-4H3/p+1. The van der Waals surface area contributed by atoms with E-state index < -0.39 is 10.0 Å². The van der Waals surface area contributed by atoms with Crippen LogP contribution in [0.2, 0.25) is 0 Å². The van der Waals surface area contributed by atoms with Gasteiger partial charge in [0.2, 0.25) is 10.0 Å². The van der Waals surface area contributed by atoms with Gasteiger partial charge in [0, 0.05) is 0 Å². The molecule has 29 heavy (non-hydrogen) atoms. The third-order valence-electron chi connectivity index (χ3n) is 5.29. The summed E-state index contributed by atoms with van der Waals surface area (Å²) in [5.41, 5.74) is 1.94. The average molecular weight is 422 g/mol. The first-order valence-corrected chi connectivity index (χ1v) is 11.0. The van der Waals surface area contributed by atoms with E-state index in [0.717, 1.165) is 29.2 Å². The molecule has 0 aliphatic carbocycles. The van der Waals surface area contributed by atoms with Gasteiger partial charge >= 0.3 is 0 Å². The van der Waals surface area contributed by atoms with E-state index in [9.17, 15) is 8.42 Å². The highest BCUT2D eigenvalue weighted by molar-refractivity contribution is 7.89. The van der Waals surface area contributed by atoms with Crippen LogP contribution < -0.4 is 19.1 Å². The van der Waals surface area contributed by atoms with Crippen molar-refractivity contribution in [2.75, 3.05) is 47.5 Å². The Kier molecular flexibility index (Phi) is 6.66. The molecule has 158 valence electrons. The van der Waals surface area contributed by atoms with Crippen molar-refractivity contribution >= 4 is 10.0 Å². The van der Waals surface area contributed by atoms with Crippen molar-refractivity contribution in [3.8, 4) is 17.2 Å². The van der Waals surface area contributed by atoms with Crippen molar-refractivity contribution in [1.82, 2.24) is 4.31 Å². The first-order chi connectivity index (χ1) is 13.9. The largest absolute Gasteiger partial charge is 0.497 e. The maximum Gasteiger partial charge on any atom is 0.247 e. The molecule has 1 N–H and O–H groups in total. The Morgan fingerprint density at radius 3 is 2.21 bits per heavy atom. The van der Waals surface area contributed by atoms with E-state index in [1.54, 1.807) is 30.7 Å². The summed E-state index contributed by atoms with van der Waals surface area (Å²) < 4.78 is 44.0. The molecule has 0 amide bonds. The predicted octanol–water partition coefficient (Wildman–Crippen LogP) is 1.11. The van der Waals surface area contributed by atoms with E-state index in [0.29, 0.717) is 31.9 Å². The second kappa shape index (κ2) is 9.02. The third-order valence-corrected chi connectivity index (χ3v) is 7.21. The van der Waals surface area contributed by atoms with Gasteiger partial charge in [0.25, 0.3) is 0 Å². The Morgan fingerprint density at radius 2 is 1.59 bits per heavy atom. The number of nitrogens with one attached hydrogen (secondary N) is 1. The maximum absolute atomic E-state index is 13.2. The number of hydrogen-bond donors (Lipinski definition) is 1. The zero-order valence-electron chi connectivity index (χ0n) is 17.4. The third kappa shape index (κ3) is 4.66. The molecule has 8 heteroatoms. The van der Waals surface area contributed by atoms with Crippen LogP contribution in [0.1, 0.15) is 11.1 Å². The van der Waals surface area contributed by atoms with Crippen LogP contribution >= 0.6 is 0 Å². The van der Waals surface area contributed by atoms with Gasteiger partial charge in [-0.1, -0.05) is 6.07 Å². The Balaban J connectivity index is 1.72. The minimum Gasteiger partial charge on any atom is -0.497 e. The molecule has 0 bridgehead atoms. The van der Waals surface area contributed by atoms with Gasteiger partial charge < -0.3 is 19.1 Å². The average Bonchev–Trinajstić information content (AvgIpc) is 2.74. The van der Waals surface area contributed by atoms with Crippen molar-refractivity contribution in [3.05, 3.63) is 47.5 Å². The number of ether oxygens (including phenoxy) is 3. The zero-order chi connectivity index (χ0) is 21.0. The smallest absolute Gasteiger partial charge is 0.247 e. The summed E-state index contributed by atoms with van der Waals surface area (Å²) in [6.45, 7) is 4.98. The SMILES string of the molecule is COc1ccc(OC)c(C[NH+]2CCN(S(=O)(=O)c3cc(C)ccc3OC)CC2)c1. The number of piperazine rings is 1. The molecular weight excluding hydrogens is 392 g/mol. The maximum atomic E-state index is 13.2. The highest BCUT2D eigenvalue weighted by Crippen LogP contribution is 2.28. The molecule has 0 radical (unpaired) electrons. The molecule has 0 unspecified atom stereocenters. The van der Waals surface area contributed by atoms with Crippen molar-refractivity contribution in [2.24, 2.45) is 0 Å². The molecule has 3 rings (SSSR count). The number of methoxy groups -OCH3 is 3. The van der Waals surface area contributed by atoms with Crippen molar-refractivity contribution in [1.29, 1.82) is 0 Å². The number of nitrogens with zero attached hydrogens (tertiary/aromatic N) is 1. The van der Waals surface area contributed by atoms with Crippen LogP contribution in [0, 0.1) is 6.92 Å². The summed E-state index contributed by atoms with van der Waals surface area (Å²) in [6, 6.07) is 11.0. The lowest BCUT2D eigenvalue weighted by Crippen LogP contribution is -3.13. The van der Waals surface area contributed by atoms with Crippen LogP contribution in [0.5, 0.6) is 17.2 Å². The first-order valence-electron chi connectivity index (χ1n) is 9.58. The Morgan fingerprint density at radius 1 is 0.931 bits per heavy atom. The fourth-order valence-electron chi connectivity index (χ4n) is 3.63. The molecule has 0 aromatic heterocycles. The second-order valence-electron chi connectivity index (χ2n) is 7.16. The van der Waals surface area contributed by atoms with Crippen LogP contribution in [-0.4, -0.2) is 60.2 Å². The van der Waals surface area contributed by atoms with Crippen LogP contribution in [0.3, 0.4) is 0 Å². The molecule has 2 aromatic carbocycles. The number of aryl methyl sites for hydroxylation is 1. The highest BCUT2D eigenvalue weighted by Gasteiger charge is 2.32. The lowest BCUT2D eigenvalue weighted by Gasteiger charge is -2.32. The molecule has 1 aliphatic rings. The number of hydrogen-bond acceptors (Lipinski definition) is 5. The Bertz CT molecular complexity index is 954. The summed E-state index contributed by atoms with van der Waals surface area (Å²) >= 11 is 0. The Labute approximate surface area is 172 Å². The summed E-state index contributed by atoms with van der Waals surface area (Å²) in [6.07, 6.45) is 0. The van der Waals surface area contributed by atoms with Crippen LogP contribution in [0.15, 0.2) is 41.3 Å². The molecular formula is C21H29N2O5S+. The minimum atomic E-state index is -3.60. The first kappa shape index (κ1) is 21.4. The summed E-state index contributed by atoms with van der Waals surface area (Å²) in [5, 5.41) is 0. The van der Waals surface area contributed by atoms with E-state index in [2.05, 4.69) is 0 Å². The van der Waals surface area contributed by atoms with Crippen LogP contribution in [-0.2, 0) is 16.6 Å². The van der Waals surface area contributed by atoms with Gasteiger partial charge in [-0.05, 0) is 42.8 Å². The summed E-state index contributed by atoms with van der Waals surface area (Å²) in [5.74, 6) is 1.98. The van der Waals surface area contributed by atoms with Gasteiger partial charge in [-0.15, -0.1) is 0 Å². The topological polar surface area (TPSA) is 69.5 Å². The van der Waals surface area contributed by atoms with Crippen molar-refractivity contribution < 1.29 is 27.5 Å². The molecule has 0 saturated carbocycles. The lowest BCUT2D eigenvalue weighted by atomic mass is 10.1. The number of sulfonamides is 1. The zero-order valence-corrected chi connectivity index (χ0v) is 18.2. The predicted molar refractivity (Wildman–Crippen MR) is 110 cm³/mol. The van der Waals surface area contributed by atoms with Crippen molar-refractivity contribution in [2.45, 2.75) is 18.4 Å². The summed E-state index contributed by atoms with van der Waals surface area (Å²) in [7, 11) is 1.19. The van der Waals surface area contributed by atoms with Gasteiger partial charge in [0.05, 0.1) is 53.1 Å². The van der Waals surface area contributed by atoms with E-state index in [4.69, 9.17) is 14.2 Å². The highest BCUT2D eigenvalue weighted by atomic mass is 32.2. The molecule has 1 fully saturated rings. The van der Waals surface area contributed by atoms with E-state index in [1.807, 2.05) is 31.2 Å². The second-order valence-corrected chi connectivity index (χ2v) is 9.07. The molecule has 0 atom stereocenters. The van der Waals surface area contributed by atoms with Gasteiger partial charge in [-0.25, -0.2) is 8.42 Å². The fourth-order valence-corrected chi connectivity index (χ4v) is 5.32.